The van der Waals surface area contributed by atoms with Crippen molar-refractivity contribution in [3.8, 4) is 11.1 Å². The predicted molar refractivity (Wildman–Crippen MR) is 155 cm³/mol. The van der Waals surface area contributed by atoms with Gasteiger partial charge in [0.1, 0.15) is 11.6 Å². The summed E-state index contributed by atoms with van der Waals surface area (Å²) >= 11 is 0. The van der Waals surface area contributed by atoms with Gasteiger partial charge in [-0.1, -0.05) is 12.1 Å². The molecule has 0 fully saturated rings. The van der Waals surface area contributed by atoms with Crippen LogP contribution in [0.2, 0.25) is 0 Å². The van der Waals surface area contributed by atoms with Crippen molar-refractivity contribution in [2.45, 2.75) is 20.8 Å². The molecule has 1 aromatic heterocycles. The first kappa shape index (κ1) is 28.8. The molecule has 0 spiro atoms. The summed E-state index contributed by atoms with van der Waals surface area (Å²) in [4.78, 5) is 51.1. The zero-order chi connectivity index (χ0) is 29.8. The van der Waals surface area contributed by atoms with Crippen LogP contribution in [0, 0.1) is 19.7 Å². The summed E-state index contributed by atoms with van der Waals surface area (Å²) in [6, 6.07) is 13.8. The minimum absolute atomic E-state index is 0.199. The molecule has 0 saturated carbocycles. The topological polar surface area (TPSA) is 134 Å². The Bertz CT molecular complexity index is 1710. The van der Waals surface area contributed by atoms with Crippen LogP contribution < -0.4 is 26.8 Å². The molecular formula is C30H30FN5O5. The number of hydrogen-bond acceptors (Lipinski definition) is 6. The van der Waals surface area contributed by atoms with Crippen LogP contribution in [0.15, 0.2) is 63.9 Å². The molecule has 41 heavy (non-hydrogen) atoms. The van der Waals surface area contributed by atoms with Crippen molar-refractivity contribution in [3.05, 3.63) is 98.8 Å². The number of aromatic nitrogens is 1. The third-order valence-electron chi connectivity index (χ3n) is 6.38. The van der Waals surface area contributed by atoms with Crippen LogP contribution in [-0.4, -0.2) is 36.1 Å². The zero-order valence-electron chi connectivity index (χ0n) is 23.3. The SMILES string of the molecule is CCNc1c(C(=O)Nc2ccc(-c3c(C)on(C)c3=O)cc2)cc(C)cc1C(=O)Nc1ccc(F)c(C(=O)NC)c1. The monoisotopic (exact) mass is 559 g/mol. The van der Waals surface area contributed by atoms with E-state index in [9.17, 15) is 23.6 Å². The minimum atomic E-state index is -0.722. The molecule has 3 aromatic carbocycles. The van der Waals surface area contributed by atoms with E-state index in [1.165, 1.54) is 26.2 Å². The van der Waals surface area contributed by atoms with Crippen LogP contribution in [0.3, 0.4) is 0 Å². The number of anilines is 3. The Labute approximate surface area is 235 Å². The fourth-order valence-electron chi connectivity index (χ4n) is 4.47. The van der Waals surface area contributed by atoms with Crippen molar-refractivity contribution in [1.82, 2.24) is 10.1 Å². The quantitative estimate of drug-likeness (QED) is 0.247. The smallest absolute Gasteiger partial charge is 0.290 e. The lowest BCUT2D eigenvalue weighted by molar-refractivity contribution is 0.0956. The number of benzene rings is 3. The lowest BCUT2D eigenvalue weighted by Crippen LogP contribution is -2.21. The van der Waals surface area contributed by atoms with Gasteiger partial charge in [-0.3, -0.25) is 19.2 Å². The van der Waals surface area contributed by atoms with Crippen molar-refractivity contribution in [2.75, 3.05) is 29.5 Å². The molecule has 0 saturated heterocycles. The molecule has 0 aliphatic heterocycles. The molecule has 212 valence electrons. The molecule has 0 aliphatic carbocycles. The second-order valence-corrected chi connectivity index (χ2v) is 9.35. The molecule has 0 radical (unpaired) electrons. The number of carbonyl (C=O) groups is 3. The van der Waals surface area contributed by atoms with Crippen molar-refractivity contribution < 1.29 is 23.3 Å². The van der Waals surface area contributed by atoms with Gasteiger partial charge < -0.3 is 25.8 Å². The van der Waals surface area contributed by atoms with Gasteiger partial charge in [-0.05, 0) is 74.4 Å². The summed E-state index contributed by atoms with van der Waals surface area (Å²) in [5.74, 6) is -1.86. The van der Waals surface area contributed by atoms with Crippen LogP contribution in [0.25, 0.3) is 11.1 Å². The molecule has 4 rings (SSSR count). The molecular weight excluding hydrogens is 529 g/mol. The summed E-state index contributed by atoms with van der Waals surface area (Å²) in [5, 5.41) is 11.0. The number of nitrogens with zero attached hydrogens (tertiary/aromatic N) is 1. The van der Waals surface area contributed by atoms with E-state index in [1.807, 2.05) is 6.92 Å². The van der Waals surface area contributed by atoms with Gasteiger partial charge in [-0.2, -0.15) is 4.74 Å². The average molecular weight is 560 g/mol. The Kier molecular flexibility index (Phi) is 8.37. The van der Waals surface area contributed by atoms with E-state index in [-0.39, 0.29) is 27.9 Å². The van der Waals surface area contributed by atoms with Gasteiger partial charge in [-0.15, -0.1) is 0 Å². The van der Waals surface area contributed by atoms with Gasteiger partial charge in [-0.25, -0.2) is 4.39 Å². The van der Waals surface area contributed by atoms with Crippen LogP contribution >= 0.6 is 0 Å². The van der Waals surface area contributed by atoms with E-state index in [2.05, 4.69) is 21.3 Å². The van der Waals surface area contributed by atoms with E-state index in [4.69, 9.17) is 4.52 Å². The largest absolute Gasteiger partial charge is 0.384 e. The molecule has 10 nitrogen and oxygen atoms in total. The van der Waals surface area contributed by atoms with E-state index >= 15 is 0 Å². The first-order valence-corrected chi connectivity index (χ1v) is 12.8. The standard InChI is InChI=1S/C30H30FN5O5/c1-6-33-26-22(28(38)34-19-9-7-18(8-10-19)25-17(3)41-36(5)30(25)40)13-16(2)14-23(26)29(39)35-20-11-12-24(31)21(15-20)27(37)32-4/h7-15,33H,6H2,1-5H3,(H,32,37)(H,34,38)(H,35,39). The number of rotatable bonds is 8. The van der Waals surface area contributed by atoms with Crippen LogP contribution in [0.4, 0.5) is 21.5 Å². The molecule has 0 bridgehead atoms. The van der Waals surface area contributed by atoms with Gasteiger partial charge in [0.15, 0.2) is 0 Å². The van der Waals surface area contributed by atoms with E-state index in [1.54, 1.807) is 50.2 Å². The summed E-state index contributed by atoms with van der Waals surface area (Å²) in [7, 11) is 2.92. The fourth-order valence-corrected chi connectivity index (χ4v) is 4.47. The van der Waals surface area contributed by atoms with Crippen molar-refractivity contribution in [3.63, 3.8) is 0 Å². The lowest BCUT2D eigenvalue weighted by atomic mass is 10.0. The number of halogens is 1. The highest BCUT2D eigenvalue weighted by Crippen LogP contribution is 2.27. The molecule has 4 aromatic rings. The molecule has 0 aliphatic rings. The van der Waals surface area contributed by atoms with Gasteiger partial charge in [0.05, 0.1) is 27.9 Å². The van der Waals surface area contributed by atoms with Crippen LogP contribution in [0.1, 0.15) is 49.3 Å². The number of aryl methyl sites for hydroxylation is 3. The molecule has 1 heterocycles. The maximum atomic E-state index is 14.1. The van der Waals surface area contributed by atoms with Crippen molar-refractivity contribution >= 4 is 34.8 Å². The maximum absolute atomic E-state index is 14.1. The minimum Gasteiger partial charge on any atom is -0.384 e. The van der Waals surface area contributed by atoms with Crippen LogP contribution in [0.5, 0.6) is 0 Å². The normalized spacial score (nSPS) is 10.7. The third kappa shape index (κ3) is 6.03. The van der Waals surface area contributed by atoms with E-state index in [0.717, 1.165) is 10.8 Å². The summed E-state index contributed by atoms with van der Waals surface area (Å²) in [6.07, 6.45) is 0. The second kappa shape index (κ2) is 11.9. The first-order chi connectivity index (χ1) is 19.5. The Hall–Kier alpha value is -5.19. The Morgan fingerprint density at radius 2 is 1.44 bits per heavy atom. The molecule has 0 atom stereocenters. The van der Waals surface area contributed by atoms with Gasteiger partial charge >= 0.3 is 0 Å². The van der Waals surface area contributed by atoms with Gasteiger partial charge in [0, 0.05) is 32.0 Å². The lowest BCUT2D eigenvalue weighted by Gasteiger charge is -2.17. The second-order valence-electron chi connectivity index (χ2n) is 9.35. The van der Waals surface area contributed by atoms with Crippen molar-refractivity contribution in [2.24, 2.45) is 7.05 Å². The van der Waals surface area contributed by atoms with Crippen molar-refractivity contribution in [1.29, 1.82) is 0 Å². The Balaban J connectivity index is 1.62. The fraction of sp³-hybridized carbons (Fsp3) is 0.200. The molecule has 4 N–H and O–H groups in total. The average Bonchev–Trinajstić information content (AvgIpc) is 3.20. The number of carbonyl (C=O) groups excluding carboxylic acids is 3. The third-order valence-corrected chi connectivity index (χ3v) is 6.38. The molecule has 0 unspecified atom stereocenters. The van der Waals surface area contributed by atoms with E-state index < -0.39 is 23.5 Å². The Morgan fingerprint density at radius 3 is 1.98 bits per heavy atom. The van der Waals surface area contributed by atoms with Gasteiger partial charge in [0.25, 0.3) is 23.3 Å². The molecule has 3 amide bonds. The summed E-state index contributed by atoms with van der Waals surface area (Å²) < 4.78 is 20.6. The number of hydrogen-bond donors (Lipinski definition) is 4. The summed E-state index contributed by atoms with van der Waals surface area (Å²) in [6.45, 7) is 5.72. The van der Waals surface area contributed by atoms with Crippen LogP contribution in [-0.2, 0) is 7.05 Å². The Morgan fingerprint density at radius 1 is 0.854 bits per heavy atom. The number of amides is 3. The van der Waals surface area contributed by atoms with E-state index in [0.29, 0.717) is 40.4 Å². The zero-order valence-corrected chi connectivity index (χ0v) is 23.3. The van der Waals surface area contributed by atoms with Gasteiger partial charge in [0.2, 0.25) is 0 Å². The maximum Gasteiger partial charge on any atom is 0.290 e. The summed E-state index contributed by atoms with van der Waals surface area (Å²) in [5.41, 5.74) is 2.74. The number of nitrogens with one attached hydrogen (secondary N) is 4. The highest BCUT2D eigenvalue weighted by atomic mass is 19.1. The molecule has 11 heteroatoms. The predicted octanol–water partition coefficient (Wildman–Crippen LogP) is 4.70. The highest BCUT2D eigenvalue weighted by Gasteiger charge is 2.22. The highest BCUT2D eigenvalue weighted by molar-refractivity contribution is 6.15. The first-order valence-electron chi connectivity index (χ1n) is 12.8.